The lowest BCUT2D eigenvalue weighted by atomic mass is 10.1. The lowest BCUT2D eigenvalue weighted by Crippen LogP contribution is -2.36. The maximum Gasteiger partial charge on any atom is 0.220 e. The molecule has 1 aromatic carbocycles. The Morgan fingerprint density at radius 1 is 1.28 bits per heavy atom. The molecule has 5 heteroatoms. The second-order valence-electron chi connectivity index (χ2n) is 6.43. The summed E-state index contributed by atoms with van der Waals surface area (Å²) < 4.78 is 5.23. The lowest BCUT2D eigenvalue weighted by Gasteiger charge is -2.26. The molecule has 2 aromatic rings. The molecule has 1 amide bonds. The number of benzene rings is 1. The average Bonchev–Trinajstić information content (AvgIpc) is 3.35. The predicted octanol–water partition coefficient (Wildman–Crippen LogP) is 3.64. The predicted molar refractivity (Wildman–Crippen MR) is 102 cm³/mol. The molecule has 0 aliphatic carbocycles. The van der Waals surface area contributed by atoms with Crippen LogP contribution in [-0.2, 0) is 11.2 Å². The highest BCUT2D eigenvalue weighted by Gasteiger charge is 2.24. The topological polar surface area (TPSA) is 41.6 Å². The molecule has 25 heavy (non-hydrogen) atoms. The van der Waals surface area contributed by atoms with E-state index in [2.05, 4.69) is 27.7 Å². The quantitative estimate of drug-likeness (QED) is 0.783. The Morgan fingerprint density at radius 2 is 2.12 bits per heavy atom. The largest absolute Gasteiger partial charge is 0.497 e. The highest BCUT2D eigenvalue weighted by molar-refractivity contribution is 7.10. The zero-order valence-electron chi connectivity index (χ0n) is 14.7. The van der Waals surface area contributed by atoms with Gasteiger partial charge in [-0.2, -0.15) is 0 Å². The second kappa shape index (κ2) is 9.02. The number of hydrogen-bond acceptors (Lipinski definition) is 4. The van der Waals surface area contributed by atoms with Gasteiger partial charge in [-0.3, -0.25) is 9.69 Å². The van der Waals surface area contributed by atoms with E-state index in [4.69, 9.17) is 4.74 Å². The summed E-state index contributed by atoms with van der Waals surface area (Å²) in [6.45, 7) is 2.95. The molecule has 1 aromatic heterocycles. The van der Waals surface area contributed by atoms with Crippen molar-refractivity contribution >= 4 is 17.2 Å². The monoisotopic (exact) mass is 358 g/mol. The SMILES string of the molecule is COc1cccc(CCC(=O)NCC(c2cccs2)N2CCCC2)c1. The summed E-state index contributed by atoms with van der Waals surface area (Å²) in [6.07, 6.45) is 3.75. The third-order valence-corrected chi connectivity index (χ3v) is 5.69. The first-order valence-corrected chi connectivity index (χ1v) is 9.81. The molecule has 1 saturated heterocycles. The van der Waals surface area contributed by atoms with Gasteiger partial charge in [0.2, 0.25) is 5.91 Å². The van der Waals surface area contributed by atoms with E-state index in [1.54, 1.807) is 18.4 Å². The Bertz CT molecular complexity index is 666. The summed E-state index contributed by atoms with van der Waals surface area (Å²) in [6, 6.07) is 12.5. The molecule has 0 bridgehead atoms. The van der Waals surface area contributed by atoms with Gasteiger partial charge in [0, 0.05) is 17.8 Å². The van der Waals surface area contributed by atoms with Gasteiger partial charge >= 0.3 is 0 Å². The molecule has 4 nitrogen and oxygen atoms in total. The van der Waals surface area contributed by atoms with Crippen molar-refractivity contribution in [2.24, 2.45) is 0 Å². The van der Waals surface area contributed by atoms with Gasteiger partial charge in [-0.1, -0.05) is 18.2 Å². The highest BCUT2D eigenvalue weighted by Crippen LogP contribution is 2.27. The fraction of sp³-hybridized carbons (Fsp3) is 0.450. The number of rotatable bonds is 8. The Balaban J connectivity index is 1.51. The van der Waals surface area contributed by atoms with Crippen molar-refractivity contribution in [2.75, 3.05) is 26.7 Å². The maximum atomic E-state index is 12.3. The zero-order valence-corrected chi connectivity index (χ0v) is 15.6. The van der Waals surface area contributed by atoms with E-state index >= 15 is 0 Å². The number of thiophene rings is 1. The summed E-state index contributed by atoms with van der Waals surface area (Å²) in [7, 11) is 1.66. The van der Waals surface area contributed by atoms with Crippen LogP contribution in [0.2, 0.25) is 0 Å². The van der Waals surface area contributed by atoms with Crippen LogP contribution >= 0.6 is 11.3 Å². The molecule has 0 saturated carbocycles. The molecule has 134 valence electrons. The summed E-state index contributed by atoms with van der Waals surface area (Å²) >= 11 is 1.78. The molecule has 1 fully saturated rings. The first-order valence-electron chi connectivity index (χ1n) is 8.93. The van der Waals surface area contributed by atoms with E-state index in [9.17, 15) is 4.79 Å². The minimum absolute atomic E-state index is 0.114. The third-order valence-electron chi connectivity index (χ3n) is 4.72. The average molecular weight is 359 g/mol. The Hall–Kier alpha value is -1.85. The van der Waals surface area contributed by atoms with Gasteiger partial charge < -0.3 is 10.1 Å². The molecule has 2 heterocycles. The molecule has 1 atom stereocenters. The first kappa shape index (κ1) is 18.0. The molecular weight excluding hydrogens is 332 g/mol. The van der Waals surface area contributed by atoms with Crippen molar-refractivity contribution in [2.45, 2.75) is 31.7 Å². The molecule has 0 radical (unpaired) electrons. The normalized spacial score (nSPS) is 15.9. The van der Waals surface area contributed by atoms with Crippen LogP contribution in [0.4, 0.5) is 0 Å². The van der Waals surface area contributed by atoms with Crippen molar-refractivity contribution in [3.8, 4) is 5.75 Å². The van der Waals surface area contributed by atoms with E-state index in [1.807, 2.05) is 24.3 Å². The molecule has 1 unspecified atom stereocenters. The standard InChI is InChI=1S/C20H26N2O2S/c1-24-17-7-4-6-16(14-17)9-10-20(23)21-15-18(19-8-5-13-25-19)22-11-2-3-12-22/h4-8,13-14,18H,2-3,9-12,15H2,1H3,(H,21,23). The minimum atomic E-state index is 0.114. The molecule has 1 aliphatic rings. The number of amides is 1. The number of likely N-dealkylation sites (tertiary alicyclic amines) is 1. The first-order chi connectivity index (χ1) is 12.3. The van der Waals surface area contributed by atoms with Crippen molar-refractivity contribution in [3.63, 3.8) is 0 Å². The van der Waals surface area contributed by atoms with Crippen LogP contribution in [0.15, 0.2) is 41.8 Å². The van der Waals surface area contributed by atoms with Crippen LogP contribution in [0.25, 0.3) is 0 Å². The van der Waals surface area contributed by atoms with Crippen LogP contribution < -0.4 is 10.1 Å². The number of carbonyl (C=O) groups excluding carboxylic acids is 1. The summed E-state index contributed by atoms with van der Waals surface area (Å²) in [5.74, 6) is 0.952. The number of nitrogens with one attached hydrogen (secondary N) is 1. The second-order valence-corrected chi connectivity index (χ2v) is 7.41. The van der Waals surface area contributed by atoms with Gasteiger partial charge in [-0.05, 0) is 61.5 Å². The molecular formula is C20H26N2O2S. The maximum absolute atomic E-state index is 12.3. The van der Waals surface area contributed by atoms with Gasteiger partial charge in [0.1, 0.15) is 5.75 Å². The van der Waals surface area contributed by atoms with E-state index in [0.717, 1.165) is 30.8 Å². The molecule has 1 N–H and O–H groups in total. The van der Waals surface area contributed by atoms with Gasteiger partial charge in [0.15, 0.2) is 0 Å². The number of ether oxygens (including phenoxy) is 1. The van der Waals surface area contributed by atoms with Gasteiger partial charge in [0.25, 0.3) is 0 Å². The number of hydrogen-bond donors (Lipinski definition) is 1. The van der Waals surface area contributed by atoms with Crippen molar-refractivity contribution < 1.29 is 9.53 Å². The van der Waals surface area contributed by atoms with Crippen LogP contribution in [0.5, 0.6) is 5.75 Å². The summed E-state index contributed by atoms with van der Waals surface area (Å²) in [5.41, 5.74) is 1.13. The number of aryl methyl sites for hydroxylation is 1. The zero-order chi connectivity index (χ0) is 17.5. The molecule has 1 aliphatic heterocycles. The van der Waals surface area contributed by atoms with Gasteiger partial charge in [-0.25, -0.2) is 0 Å². The van der Waals surface area contributed by atoms with Gasteiger partial charge in [0.05, 0.1) is 13.2 Å². The summed E-state index contributed by atoms with van der Waals surface area (Å²) in [4.78, 5) is 16.1. The fourth-order valence-electron chi connectivity index (χ4n) is 3.33. The smallest absolute Gasteiger partial charge is 0.220 e. The Morgan fingerprint density at radius 3 is 2.84 bits per heavy atom. The Kier molecular flexibility index (Phi) is 6.48. The third kappa shape index (κ3) is 5.06. The van der Waals surface area contributed by atoms with E-state index in [1.165, 1.54) is 17.7 Å². The van der Waals surface area contributed by atoms with Crippen LogP contribution in [-0.4, -0.2) is 37.6 Å². The van der Waals surface area contributed by atoms with Crippen molar-refractivity contribution in [1.82, 2.24) is 10.2 Å². The molecule has 3 rings (SSSR count). The number of carbonyl (C=O) groups is 1. The van der Waals surface area contributed by atoms with Crippen molar-refractivity contribution in [1.29, 1.82) is 0 Å². The van der Waals surface area contributed by atoms with Crippen LogP contribution in [0, 0.1) is 0 Å². The molecule has 0 spiro atoms. The Labute approximate surface area is 153 Å². The summed E-state index contributed by atoms with van der Waals surface area (Å²) in [5, 5.41) is 5.26. The van der Waals surface area contributed by atoms with E-state index in [0.29, 0.717) is 19.0 Å². The van der Waals surface area contributed by atoms with Crippen LogP contribution in [0.3, 0.4) is 0 Å². The minimum Gasteiger partial charge on any atom is -0.497 e. The fourth-order valence-corrected chi connectivity index (χ4v) is 4.19. The van der Waals surface area contributed by atoms with Gasteiger partial charge in [-0.15, -0.1) is 11.3 Å². The van der Waals surface area contributed by atoms with Crippen molar-refractivity contribution in [3.05, 3.63) is 52.2 Å². The lowest BCUT2D eigenvalue weighted by molar-refractivity contribution is -0.121. The number of methoxy groups -OCH3 is 1. The highest BCUT2D eigenvalue weighted by atomic mass is 32.1. The van der Waals surface area contributed by atoms with Crippen LogP contribution in [0.1, 0.15) is 35.7 Å². The van der Waals surface area contributed by atoms with E-state index in [-0.39, 0.29) is 5.91 Å². The van der Waals surface area contributed by atoms with E-state index < -0.39 is 0 Å². The number of nitrogens with zero attached hydrogens (tertiary/aromatic N) is 1.